The maximum Gasteiger partial charge on any atom is 0.0853 e. The molecule has 0 radical (unpaired) electrons. The molecule has 0 nitrogen and oxygen atoms in total. The predicted molar refractivity (Wildman–Crippen MR) is 189 cm³/mol. The van der Waals surface area contributed by atoms with E-state index in [9.17, 15) is 0 Å². The van der Waals surface area contributed by atoms with Gasteiger partial charge in [0.15, 0.2) is 0 Å². The molecule has 0 fully saturated rings. The summed E-state index contributed by atoms with van der Waals surface area (Å²) in [6.45, 7) is 6.65. The monoisotopic (exact) mass is 596 g/mol. The molecule has 43 heavy (non-hydrogen) atoms. The van der Waals surface area contributed by atoms with E-state index in [1.165, 1.54) is 76.8 Å². The topological polar surface area (TPSA) is 0 Å². The van der Waals surface area contributed by atoms with Crippen LogP contribution in [-0.2, 0) is 12.8 Å². The molecule has 0 N–H and O–H groups in total. The summed E-state index contributed by atoms with van der Waals surface area (Å²) in [6, 6.07) is 30.9. The van der Waals surface area contributed by atoms with Gasteiger partial charge < -0.3 is 0 Å². The van der Waals surface area contributed by atoms with Crippen molar-refractivity contribution in [3.05, 3.63) is 127 Å². The number of rotatable bonds is 10. The smallest absolute Gasteiger partial charge is 0.0853 e. The van der Waals surface area contributed by atoms with Gasteiger partial charge in [-0.2, -0.15) is 0 Å². The van der Waals surface area contributed by atoms with E-state index < -0.39 is 0 Å². The van der Waals surface area contributed by atoms with Crippen molar-refractivity contribution in [2.75, 3.05) is 0 Å². The van der Waals surface area contributed by atoms with Crippen molar-refractivity contribution in [3.8, 4) is 45.9 Å². The summed E-state index contributed by atoms with van der Waals surface area (Å²) in [5.41, 5.74) is 9.73. The summed E-state index contributed by atoms with van der Waals surface area (Å²) in [5.74, 6) is 13.7. The van der Waals surface area contributed by atoms with Gasteiger partial charge >= 0.3 is 0 Å². The van der Waals surface area contributed by atoms with Crippen LogP contribution >= 0.6 is 22.7 Å². The predicted octanol–water partition coefficient (Wildman–Crippen LogP) is 11.7. The van der Waals surface area contributed by atoms with Crippen LogP contribution in [0.5, 0.6) is 0 Å². The summed E-state index contributed by atoms with van der Waals surface area (Å²) < 4.78 is 0. The second-order valence-electron chi connectivity index (χ2n) is 11.1. The first-order chi connectivity index (χ1) is 21.1. The van der Waals surface area contributed by atoms with Gasteiger partial charge in [0.2, 0.25) is 0 Å². The number of thiophene rings is 2. The first kappa shape index (κ1) is 30.6. The summed E-state index contributed by atoms with van der Waals surface area (Å²) in [7, 11) is 0. The molecule has 3 aromatic carbocycles. The molecule has 0 amide bonds. The number of hydrogen-bond donors (Lipinski definition) is 0. The van der Waals surface area contributed by atoms with Crippen molar-refractivity contribution < 1.29 is 0 Å². The summed E-state index contributed by atoms with van der Waals surface area (Å²) in [5, 5.41) is 2.14. The lowest BCUT2D eigenvalue weighted by atomic mass is 10.0. The van der Waals surface area contributed by atoms with Gasteiger partial charge in [-0.1, -0.05) is 112 Å². The highest BCUT2D eigenvalue weighted by molar-refractivity contribution is 7.13. The average molecular weight is 597 g/mol. The molecule has 5 rings (SSSR count). The van der Waals surface area contributed by atoms with Crippen molar-refractivity contribution >= 4 is 22.7 Å². The molecule has 2 heteroatoms. The maximum atomic E-state index is 3.47. The van der Waals surface area contributed by atoms with Gasteiger partial charge in [-0.3, -0.25) is 0 Å². The first-order valence-corrected chi connectivity index (χ1v) is 17.3. The minimum atomic E-state index is 1.07. The highest BCUT2D eigenvalue weighted by Crippen LogP contribution is 2.34. The van der Waals surface area contributed by atoms with Gasteiger partial charge in [-0.15, -0.1) is 22.7 Å². The van der Waals surface area contributed by atoms with Crippen molar-refractivity contribution in [1.29, 1.82) is 0 Å². The molecule has 216 valence electrons. The van der Waals surface area contributed by atoms with Crippen molar-refractivity contribution in [1.82, 2.24) is 0 Å². The Labute approximate surface area is 266 Å². The van der Waals surface area contributed by atoms with Crippen LogP contribution in [0.2, 0.25) is 0 Å². The first-order valence-electron chi connectivity index (χ1n) is 15.6. The van der Waals surface area contributed by atoms with E-state index in [1.54, 1.807) is 22.7 Å². The molecule has 0 aliphatic rings. The van der Waals surface area contributed by atoms with E-state index in [2.05, 4.69) is 135 Å². The average Bonchev–Trinajstić information content (AvgIpc) is 3.67. The van der Waals surface area contributed by atoms with Crippen LogP contribution in [0.1, 0.15) is 89.3 Å². The molecule has 5 aromatic rings. The molecule has 2 aromatic heterocycles. The lowest BCUT2D eigenvalue weighted by Gasteiger charge is -2.04. The Morgan fingerprint density at radius 3 is 1.70 bits per heavy atom. The SMILES string of the molecule is CCCCCCc1ccc(C#Cc2sccc2-c2ccc(-c3cc(C)sc3C#Cc3ccc(CCCC)cc3)cc2)cc1. The minimum Gasteiger partial charge on any atom is -0.135 e. The lowest BCUT2D eigenvalue weighted by Crippen LogP contribution is -1.86. The van der Waals surface area contributed by atoms with E-state index in [0.717, 1.165) is 33.7 Å². The Bertz CT molecular complexity index is 1720. The van der Waals surface area contributed by atoms with Crippen LogP contribution < -0.4 is 0 Å². The van der Waals surface area contributed by atoms with Crippen molar-refractivity contribution in [2.24, 2.45) is 0 Å². The van der Waals surface area contributed by atoms with Gasteiger partial charge in [0.05, 0.1) is 9.75 Å². The molecule has 0 spiro atoms. The fraction of sp³-hybridized carbons (Fsp3) is 0.268. The Kier molecular flexibility index (Phi) is 11.1. The molecular formula is C41H40S2. The van der Waals surface area contributed by atoms with Crippen LogP contribution in [0, 0.1) is 30.6 Å². The highest BCUT2D eigenvalue weighted by atomic mass is 32.1. The maximum absolute atomic E-state index is 3.47. The molecule has 0 unspecified atom stereocenters. The van der Waals surface area contributed by atoms with Gasteiger partial charge in [0.1, 0.15) is 0 Å². The number of hydrogen-bond acceptors (Lipinski definition) is 2. The molecule has 2 heterocycles. The normalized spacial score (nSPS) is 10.6. The second kappa shape index (κ2) is 15.6. The molecule has 0 aliphatic heterocycles. The largest absolute Gasteiger partial charge is 0.135 e. The summed E-state index contributed by atoms with van der Waals surface area (Å²) in [4.78, 5) is 3.50. The van der Waals surface area contributed by atoms with Gasteiger partial charge in [0.25, 0.3) is 0 Å². The minimum absolute atomic E-state index is 1.07. The lowest BCUT2D eigenvalue weighted by molar-refractivity contribution is 0.667. The quantitative estimate of drug-likeness (QED) is 0.111. The van der Waals surface area contributed by atoms with E-state index in [-0.39, 0.29) is 0 Å². The van der Waals surface area contributed by atoms with Crippen LogP contribution in [0.4, 0.5) is 0 Å². The number of benzene rings is 3. The standard InChI is InChI=1S/C41H40S2/c1-4-6-8-9-11-33-14-18-34(19-15-33)20-26-40-38(28-29-42-40)36-22-24-37(25-23-36)39-30-31(3)43-41(39)27-21-35-16-12-32(13-17-35)10-7-5-2/h12-19,22-25,28-30H,4-11H2,1-3H3. The van der Waals surface area contributed by atoms with E-state index in [4.69, 9.17) is 0 Å². The molecule has 0 saturated carbocycles. The Hall–Kier alpha value is -3.82. The van der Waals surface area contributed by atoms with E-state index in [1.807, 2.05) is 0 Å². The zero-order valence-corrected chi connectivity index (χ0v) is 27.3. The zero-order valence-electron chi connectivity index (χ0n) is 25.6. The van der Waals surface area contributed by atoms with Gasteiger partial charge in [-0.05, 0) is 96.6 Å². The molecule has 0 bridgehead atoms. The van der Waals surface area contributed by atoms with Gasteiger partial charge in [0, 0.05) is 27.1 Å². The van der Waals surface area contributed by atoms with E-state index in [0.29, 0.717) is 0 Å². The van der Waals surface area contributed by atoms with Crippen molar-refractivity contribution in [2.45, 2.75) is 72.1 Å². The Morgan fingerprint density at radius 1 is 0.535 bits per heavy atom. The second-order valence-corrected chi connectivity index (χ2v) is 13.3. The van der Waals surface area contributed by atoms with Crippen LogP contribution in [-0.4, -0.2) is 0 Å². The molecule has 0 aliphatic carbocycles. The zero-order chi connectivity index (χ0) is 29.9. The summed E-state index contributed by atoms with van der Waals surface area (Å²) in [6.07, 6.45) is 9.94. The Balaban J connectivity index is 1.28. The Morgan fingerprint density at radius 2 is 1.09 bits per heavy atom. The van der Waals surface area contributed by atoms with Crippen LogP contribution in [0.15, 0.2) is 90.3 Å². The van der Waals surface area contributed by atoms with Crippen LogP contribution in [0.3, 0.4) is 0 Å². The third kappa shape index (κ3) is 8.61. The van der Waals surface area contributed by atoms with Gasteiger partial charge in [-0.25, -0.2) is 0 Å². The third-order valence-corrected chi connectivity index (χ3v) is 9.51. The fourth-order valence-electron chi connectivity index (χ4n) is 5.19. The number of aryl methyl sites for hydroxylation is 3. The highest BCUT2D eigenvalue weighted by Gasteiger charge is 2.10. The van der Waals surface area contributed by atoms with Crippen molar-refractivity contribution in [3.63, 3.8) is 0 Å². The third-order valence-electron chi connectivity index (χ3n) is 7.71. The van der Waals surface area contributed by atoms with Crippen LogP contribution in [0.25, 0.3) is 22.3 Å². The number of unbranched alkanes of at least 4 members (excludes halogenated alkanes) is 4. The molecule has 0 atom stereocenters. The van der Waals surface area contributed by atoms with E-state index >= 15 is 0 Å². The fourth-order valence-corrected chi connectivity index (χ4v) is 6.84. The molecule has 0 saturated heterocycles. The summed E-state index contributed by atoms with van der Waals surface area (Å²) >= 11 is 3.48. The molecular weight excluding hydrogens is 557 g/mol.